The fourth-order valence-electron chi connectivity index (χ4n) is 5.13. The summed E-state index contributed by atoms with van der Waals surface area (Å²) in [5.74, 6) is 38.8. The number of benzene rings is 7. The highest BCUT2D eigenvalue weighted by molar-refractivity contribution is 5.53. The Kier molecular flexibility index (Phi) is 11.3. The van der Waals surface area contributed by atoms with Gasteiger partial charge < -0.3 is 0 Å². The van der Waals surface area contributed by atoms with E-state index in [4.69, 9.17) is 0 Å². The molecule has 0 unspecified atom stereocenters. The molecule has 0 aromatic heterocycles. The molecular formula is C54H30. The van der Waals surface area contributed by atoms with Gasteiger partial charge in [-0.1, -0.05) is 114 Å². The summed E-state index contributed by atoms with van der Waals surface area (Å²) in [6.45, 7) is 0. The van der Waals surface area contributed by atoms with Crippen molar-refractivity contribution < 1.29 is 0 Å². The lowest BCUT2D eigenvalue weighted by Crippen LogP contribution is -1.82. The number of rotatable bonds is 0. The molecule has 0 spiro atoms. The van der Waals surface area contributed by atoms with Gasteiger partial charge in [0.15, 0.2) is 0 Å². The molecule has 0 radical (unpaired) electrons. The van der Waals surface area contributed by atoms with Gasteiger partial charge in [-0.2, -0.15) is 0 Å². The Bertz CT molecular complexity index is 2570. The van der Waals surface area contributed by atoms with Crippen LogP contribution in [0.15, 0.2) is 182 Å². The summed E-state index contributed by atoms with van der Waals surface area (Å²) in [7, 11) is 0. The van der Waals surface area contributed by atoms with Gasteiger partial charge >= 0.3 is 0 Å². The summed E-state index contributed by atoms with van der Waals surface area (Å²) in [6, 6.07) is 59.9. The molecule has 0 aliphatic heterocycles. The van der Waals surface area contributed by atoms with E-state index in [1.807, 2.05) is 182 Å². The summed E-state index contributed by atoms with van der Waals surface area (Å²) in [4.78, 5) is 0. The Morgan fingerprint density at radius 3 is 0.537 bits per heavy atom. The smallest absolute Gasteiger partial charge is 0.0261 e. The summed E-state index contributed by atoms with van der Waals surface area (Å²) < 4.78 is 0. The Morgan fingerprint density at radius 1 is 0.148 bits per heavy atom. The van der Waals surface area contributed by atoms with Crippen LogP contribution < -0.4 is 0 Å². The zero-order chi connectivity index (χ0) is 36.6. The molecule has 0 atom stereocenters. The van der Waals surface area contributed by atoms with E-state index in [-0.39, 0.29) is 0 Å². The number of hydrogen-bond acceptors (Lipinski definition) is 0. The average Bonchev–Trinajstić information content (AvgIpc) is 3.24. The lowest BCUT2D eigenvalue weighted by atomic mass is 10.1. The third kappa shape index (κ3) is 10.5. The first-order chi connectivity index (χ1) is 26.7. The molecule has 0 nitrogen and oxygen atoms in total. The molecule has 0 bridgehead atoms. The van der Waals surface area contributed by atoms with Crippen molar-refractivity contribution in [3.8, 4) is 71.0 Å². The third-order valence-corrected chi connectivity index (χ3v) is 8.06. The standard InChI is InChI=1S/C54H30/c1-3-8-43(9-4-1)14-16-45-18-22-47(23-19-45)26-28-49-30-34-51(35-31-49)38-40-53-12-7-13-54(42-53)41-39-52-36-32-50(33-37-52)29-27-48-24-20-46(21-25-48)17-15-44-10-5-2-6-11-44/h1-13,18-25,30-37,42H. The van der Waals surface area contributed by atoms with E-state index in [1.165, 1.54) is 0 Å². The van der Waals surface area contributed by atoms with Crippen LogP contribution >= 0.6 is 0 Å². The molecular weight excluding hydrogens is 649 g/mol. The molecule has 0 aliphatic rings. The molecule has 7 aromatic carbocycles. The van der Waals surface area contributed by atoms with E-state index >= 15 is 0 Å². The van der Waals surface area contributed by atoms with Crippen molar-refractivity contribution in [2.24, 2.45) is 0 Å². The average molecular weight is 679 g/mol. The van der Waals surface area contributed by atoms with E-state index in [2.05, 4.69) is 71.0 Å². The van der Waals surface area contributed by atoms with Crippen molar-refractivity contribution in [3.63, 3.8) is 0 Å². The molecule has 0 heteroatoms. The highest BCUT2D eigenvalue weighted by Crippen LogP contribution is 2.09. The van der Waals surface area contributed by atoms with Crippen LogP contribution in [0.3, 0.4) is 0 Å². The fraction of sp³-hybridized carbons (Fsp3) is 0. The van der Waals surface area contributed by atoms with Gasteiger partial charge in [0, 0.05) is 66.8 Å². The summed E-state index contributed by atoms with van der Waals surface area (Å²) in [6.07, 6.45) is 0. The van der Waals surface area contributed by atoms with E-state index in [1.54, 1.807) is 0 Å². The highest BCUT2D eigenvalue weighted by Gasteiger charge is 1.95. The molecule has 7 aromatic rings. The summed E-state index contributed by atoms with van der Waals surface area (Å²) >= 11 is 0. The Hall–Kier alpha value is -8.10. The molecule has 0 amide bonds. The predicted molar refractivity (Wildman–Crippen MR) is 221 cm³/mol. The molecule has 0 aliphatic carbocycles. The first kappa shape index (κ1) is 34.4. The molecule has 246 valence electrons. The van der Waals surface area contributed by atoms with E-state index in [0.717, 1.165) is 66.8 Å². The zero-order valence-electron chi connectivity index (χ0n) is 29.3. The van der Waals surface area contributed by atoms with E-state index in [0.29, 0.717) is 0 Å². The second-order valence-electron chi connectivity index (χ2n) is 12.1. The van der Waals surface area contributed by atoms with Crippen LogP contribution in [-0.2, 0) is 0 Å². The molecule has 0 fully saturated rings. The Morgan fingerprint density at radius 2 is 0.315 bits per heavy atom. The van der Waals surface area contributed by atoms with Crippen molar-refractivity contribution in [1.29, 1.82) is 0 Å². The molecule has 54 heavy (non-hydrogen) atoms. The second-order valence-corrected chi connectivity index (χ2v) is 12.1. The molecule has 0 saturated heterocycles. The quantitative estimate of drug-likeness (QED) is 0.140. The first-order valence-corrected chi connectivity index (χ1v) is 17.4. The van der Waals surface area contributed by atoms with Crippen molar-refractivity contribution in [2.45, 2.75) is 0 Å². The van der Waals surface area contributed by atoms with Gasteiger partial charge in [0.1, 0.15) is 0 Å². The van der Waals surface area contributed by atoms with Crippen molar-refractivity contribution in [3.05, 3.63) is 249 Å². The van der Waals surface area contributed by atoms with Gasteiger partial charge in [0.05, 0.1) is 0 Å². The normalized spacial score (nSPS) is 9.33. The monoisotopic (exact) mass is 678 g/mol. The number of hydrogen-bond donors (Lipinski definition) is 0. The maximum absolute atomic E-state index is 3.27. The van der Waals surface area contributed by atoms with Gasteiger partial charge in [-0.3, -0.25) is 0 Å². The minimum Gasteiger partial charge on any atom is -0.0622 e. The lowest BCUT2D eigenvalue weighted by molar-refractivity contribution is 1.57. The van der Waals surface area contributed by atoms with Crippen LogP contribution in [-0.4, -0.2) is 0 Å². The molecule has 7 rings (SSSR count). The van der Waals surface area contributed by atoms with E-state index in [9.17, 15) is 0 Å². The van der Waals surface area contributed by atoms with Crippen molar-refractivity contribution in [1.82, 2.24) is 0 Å². The van der Waals surface area contributed by atoms with Gasteiger partial charge in [-0.25, -0.2) is 0 Å². The zero-order valence-corrected chi connectivity index (χ0v) is 29.3. The maximum Gasteiger partial charge on any atom is 0.0261 e. The minimum atomic E-state index is 0.907. The second kappa shape index (κ2) is 17.7. The van der Waals surface area contributed by atoms with Gasteiger partial charge in [0.2, 0.25) is 0 Å². The molecule has 0 saturated carbocycles. The summed E-state index contributed by atoms with van der Waals surface area (Å²) in [5, 5.41) is 0. The fourth-order valence-corrected chi connectivity index (χ4v) is 5.13. The highest BCUT2D eigenvalue weighted by atomic mass is 14.0. The van der Waals surface area contributed by atoms with Crippen LogP contribution in [0.5, 0.6) is 0 Å². The maximum atomic E-state index is 3.27. The van der Waals surface area contributed by atoms with Gasteiger partial charge in [-0.05, 0) is 140 Å². The third-order valence-electron chi connectivity index (χ3n) is 8.06. The Balaban J connectivity index is 0.925. The van der Waals surface area contributed by atoms with Crippen LogP contribution in [0.25, 0.3) is 0 Å². The SMILES string of the molecule is C(#Cc1ccc(C#Cc2ccc(C#Cc3cccc(C#Cc4ccc(C#Cc5ccc(C#Cc6ccccc6)cc5)cc4)c3)cc2)cc1)c1ccccc1. The predicted octanol–water partition coefficient (Wildman–Crippen LogP) is 10.1. The largest absolute Gasteiger partial charge is 0.0622 e. The van der Waals surface area contributed by atoms with Crippen molar-refractivity contribution in [2.75, 3.05) is 0 Å². The van der Waals surface area contributed by atoms with Crippen LogP contribution in [0.1, 0.15) is 66.8 Å². The topological polar surface area (TPSA) is 0 Å². The van der Waals surface area contributed by atoms with Crippen LogP contribution in [0.2, 0.25) is 0 Å². The van der Waals surface area contributed by atoms with Crippen molar-refractivity contribution >= 4 is 0 Å². The molecule has 0 N–H and O–H groups in total. The molecule has 0 heterocycles. The minimum absolute atomic E-state index is 0.907. The van der Waals surface area contributed by atoms with Gasteiger partial charge in [-0.15, -0.1) is 0 Å². The lowest BCUT2D eigenvalue weighted by Gasteiger charge is -1.95. The first-order valence-electron chi connectivity index (χ1n) is 17.4. The summed E-state index contributed by atoms with van der Waals surface area (Å²) in [5.41, 5.74) is 11.3. The Labute approximate surface area is 318 Å². The van der Waals surface area contributed by atoms with Crippen LogP contribution in [0.4, 0.5) is 0 Å². The van der Waals surface area contributed by atoms with Gasteiger partial charge in [0.25, 0.3) is 0 Å². The van der Waals surface area contributed by atoms with Crippen LogP contribution in [0, 0.1) is 71.0 Å². The van der Waals surface area contributed by atoms with E-state index < -0.39 is 0 Å².